The highest BCUT2D eigenvalue weighted by atomic mass is 16.2. The summed E-state index contributed by atoms with van der Waals surface area (Å²) in [4.78, 5) is 27.6. The fourth-order valence-electron chi connectivity index (χ4n) is 6.11. The van der Waals surface area contributed by atoms with E-state index in [0.29, 0.717) is 11.1 Å². The molecule has 8 aromatic carbocycles. The highest BCUT2D eigenvalue weighted by Crippen LogP contribution is 2.38. The predicted molar refractivity (Wildman–Crippen MR) is 149 cm³/mol. The van der Waals surface area contributed by atoms with Gasteiger partial charge in [0.1, 0.15) is 0 Å². The second-order valence-electron chi connectivity index (χ2n) is 9.60. The van der Waals surface area contributed by atoms with Gasteiger partial charge in [0, 0.05) is 11.1 Å². The molecule has 0 spiro atoms. The first-order valence-electron chi connectivity index (χ1n) is 12.1. The van der Waals surface area contributed by atoms with E-state index >= 15 is 0 Å². The first-order chi connectivity index (χ1) is 17.7. The van der Waals surface area contributed by atoms with Gasteiger partial charge in [0.15, 0.2) is 0 Å². The average Bonchev–Trinajstić information content (AvgIpc) is 2.94. The third-order valence-electron chi connectivity index (χ3n) is 7.75. The fourth-order valence-corrected chi connectivity index (χ4v) is 6.11. The second-order valence-corrected chi connectivity index (χ2v) is 9.60. The molecule has 0 N–H and O–H groups in total. The topological polar surface area (TPSA) is 34.1 Å². The Morgan fingerprint density at radius 1 is 0.333 bits per heavy atom. The molecule has 0 saturated heterocycles. The van der Waals surface area contributed by atoms with E-state index in [9.17, 15) is 9.59 Å². The first kappa shape index (κ1) is 19.5. The van der Waals surface area contributed by atoms with Crippen molar-refractivity contribution in [1.29, 1.82) is 0 Å². The zero-order chi connectivity index (χ0) is 24.0. The van der Waals surface area contributed by atoms with E-state index < -0.39 is 11.6 Å². The number of hydrogen-bond acceptors (Lipinski definition) is 2. The monoisotopic (exact) mass is 458 g/mol. The van der Waals surface area contributed by atoms with Crippen molar-refractivity contribution in [3.05, 3.63) is 120 Å². The van der Waals surface area contributed by atoms with Crippen LogP contribution in [0.2, 0.25) is 0 Å². The minimum atomic E-state index is -0.469. The lowest BCUT2D eigenvalue weighted by Gasteiger charge is -2.15. The van der Waals surface area contributed by atoms with Crippen molar-refractivity contribution in [3.63, 3.8) is 0 Å². The van der Waals surface area contributed by atoms with Crippen LogP contribution in [0.15, 0.2) is 109 Å². The van der Waals surface area contributed by atoms with Gasteiger partial charge in [-0.05, 0) is 76.8 Å². The summed E-state index contributed by atoms with van der Waals surface area (Å²) >= 11 is 0. The first-order valence-corrected chi connectivity index (χ1v) is 12.1. The molecule has 0 aliphatic heterocycles. The Balaban J connectivity index is 1.36. The maximum Gasteiger partial charge on any atom is 0.234 e. The number of benzene rings is 8. The van der Waals surface area contributed by atoms with Crippen molar-refractivity contribution in [1.82, 2.24) is 0 Å². The number of carbonyl (C=O) groups is 2. The van der Waals surface area contributed by atoms with Crippen molar-refractivity contribution in [3.8, 4) is 0 Å². The lowest BCUT2D eigenvalue weighted by Crippen LogP contribution is -2.15. The average molecular weight is 459 g/mol. The van der Waals surface area contributed by atoms with Crippen molar-refractivity contribution >= 4 is 76.2 Å². The fraction of sp³-hybridized carbons (Fsp3) is 0. The molecule has 36 heavy (non-hydrogen) atoms. The van der Waals surface area contributed by atoms with Crippen LogP contribution in [0.3, 0.4) is 0 Å². The van der Waals surface area contributed by atoms with Crippen LogP contribution in [0, 0.1) is 0 Å². The van der Waals surface area contributed by atoms with Crippen molar-refractivity contribution in [2.24, 2.45) is 0 Å². The van der Waals surface area contributed by atoms with Gasteiger partial charge < -0.3 is 0 Å². The van der Waals surface area contributed by atoms with Gasteiger partial charge in [0.2, 0.25) is 11.6 Å². The molecule has 166 valence electrons. The van der Waals surface area contributed by atoms with Gasteiger partial charge in [0.25, 0.3) is 0 Å². The van der Waals surface area contributed by atoms with Crippen LogP contribution in [0.25, 0.3) is 64.6 Å². The summed E-state index contributed by atoms with van der Waals surface area (Å²) in [6.45, 7) is 0. The molecule has 8 rings (SSSR count). The standard InChI is InChI=1S/C34H18O2/c35-33(27-17-13-23-9-7-19-3-1-5-21-11-15-25(27)31(23)29(19)21)34(36)28-18-14-24-10-8-20-4-2-6-22-12-16-26(28)32(24)30(20)22/h1-18H. The van der Waals surface area contributed by atoms with Gasteiger partial charge in [0.05, 0.1) is 0 Å². The highest BCUT2D eigenvalue weighted by Gasteiger charge is 2.24. The third-order valence-corrected chi connectivity index (χ3v) is 7.75. The number of ketones is 2. The van der Waals surface area contributed by atoms with E-state index in [0.717, 1.165) is 64.6 Å². The molecule has 0 saturated carbocycles. The van der Waals surface area contributed by atoms with E-state index in [4.69, 9.17) is 0 Å². The molecule has 8 aromatic rings. The number of rotatable bonds is 3. The van der Waals surface area contributed by atoms with Crippen LogP contribution < -0.4 is 0 Å². The molecule has 0 heterocycles. The molecule has 0 bridgehead atoms. The summed E-state index contributed by atoms with van der Waals surface area (Å²) in [5, 5.41) is 12.7. The zero-order valence-corrected chi connectivity index (χ0v) is 19.2. The van der Waals surface area contributed by atoms with Crippen LogP contribution >= 0.6 is 0 Å². The number of Topliss-reactive ketones (excluding diaryl/α,β-unsaturated/α-hetero) is 2. The maximum absolute atomic E-state index is 13.8. The maximum atomic E-state index is 13.8. The van der Waals surface area contributed by atoms with Gasteiger partial charge in [-0.1, -0.05) is 97.1 Å². The Morgan fingerprint density at radius 2 is 0.639 bits per heavy atom. The molecule has 0 aliphatic carbocycles. The quantitative estimate of drug-likeness (QED) is 0.151. The molecule has 2 nitrogen and oxygen atoms in total. The van der Waals surface area contributed by atoms with Crippen LogP contribution in [-0.4, -0.2) is 11.6 Å². The van der Waals surface area contributed by atoms with Crippen molar-refractivity contribution in [2.75, 3.05) is 0 Å². The van der Waals surface area contributed by atoms with Crippen molar-refractivity contribution < 1.29 is 9.59 Å². The Morgan fingerprint density at radius 3 is 1.03 bits per heavy atom. The summed E-state index contributed by atoms with van der Waals surface area (Å²) in [7, 11) is 0. The Bertz CT molecular complexity index is 2000. The third kappa shape index (κ3) is 2.45. The Labute approximate surface area is 206 Å². The summed E-state index contributed by atoms with van der Waals surface area (Å²) < 4.78 is 0. The minimum Gasteiger partial charge on any atom is -0.285 e. The lowest BCUT2D eigenvalue weighted by molar-refractivity contribution is 0.0819. The lowest BCUT2D eigenvalue weighted by atomic mass is 9.87. The van der Waals surface area contributed by atoms with E-state index in [1.165, 1.54) is 0 Å². The van der Waals surface area contributed by atoms with Gasteiger partial charge in [-0.25, -0.2) is 0 Å². The zero-order valence-electron chi connectivity index (χ0n) is 19.2. The van der Waals surface area contributed by atoms with Crippen LogP contribution in [0.1, 0.15) is 20.7 Å². The molecule has 0 radical (unpaired) electrons. The predicted octanol–water partition coefficient (Wildman–Crippen LogP) is 8.55. The summed E-state index contributed by atoms with van der Waals surface area (Å²) in [6.07, 6.45) is 0. The Kier molecular flexibility index (Phi) is 3.72. The molecular formula is C34H18O2. The molecule has 0 amide bonds. The molecule has 0 aromatic heterocycles. The van der Waals surface area contributed by atoms with Crippen LogP contribution in [0.5, 0.6) is 0 Å². The van der Waals surface area contributed by atoms with E-state index in [1.54, 1.807) is 12.1 Å². The Hall–Kier alpha value is -4.82. The molecular weight excluding hydrogens is 440 g/mol. The van der Waals surface area contributed by atoms with E-state index in [-0.39, 0.29) is 0 Å². The van der Waals surface area contributed by atoms with E-state index in [1.807, 2.05) is 48.5 Å². The van der Waals surface area contributed by atoms with Crippen molar-refractivity contribution in [2.45, 2.75) is 0 Å². The smallest absolute Gasteiger partial charge is 0.234 e. The number of carbonyl (C=O) groups excluding carboxylic acids is 2. The summed E-state index contributed by atoms with van der Waals surface area (Å²) in [6, 6.07) is 36.4. The van der Waals surface area contributed by atoms with Crippen LogP contribution in [0.4, 0.5) is 0 Å². The highest BCUT2D eigenvalue weighted by molar-refractivity contribution is 6.53. The largest absolute Gasteiger partial charge is 0.285 e. The van der Waals surface area contributed by atoms with Gasteiger partial charge in [-0.2, -0.15) is 0 Å². The molecule has 0 atom stereocenters. The minimum absolute atomic E-state index is 0.455. The van der Waals surface area contributed by atoms with Gasteiger partial charge in [-0.15, -0.1) is 0 Å². The van der Waals surface area contributed by atoms with Gasteiger partial charge in [-0.3, -0.25) is 9.59 Å². The molecule has 0 aliphatic rings. The normalized spacial score (nSPS) is 12.1. The second kappa shape index (κ2) is 6.87. The summed E-state index contributed by atoms with van der Waals surface area (Å²) in [5.74, 6) is -0.939. The SMILES string of the molecule is O=C(C(=O)c1ccc2ccc3cccc4ccc1c2c34)c1ccc2ccc3cccc4ccc1c2c34. The van der Waals surface area contributed by atoms with E-state index in [2.05, 4.69) is 48.5 Å². The molecule has 2 heteroatoms. The van der Waals surface area contributed by atoms with Crippen LogP contribution in [-0.2, 0) is 0 Å². The molecule has 0 fully saturated rings. The molecule has 0 unspecified atom stereocenters. The summed E-state index contributed by atoms with van der Waals surface area (Å²) in [5.41, 5.74) is 0.910. The van der Waals surface area contributed by atoms with Gasteiger partial charge >= 0.3 is 0 Å². The number of hydrogen-bond donors (Lipinski definition) is 0.